The number of halogens is 1. The first-order chi connectivity index (χ1) is 6.31. The molecule has 0 N–H and O–H groups in total. The highest BCUT2D eigenvalue weighted by atomic mass is 79.9. The van der Waals surface area contributed by atoms with E-state index in [2.05, 4.69) is 28.6 Å². The Bertz CT molecular complexity index is 294. The summed E-state index contributed by atoms with van der Waals surface area (Å²) in [5.74, 6) is 0.949. The van der Waals surface area contributed by atoms with Crippen LogP contribution in [-0.4, -0.2) is 6.61 Å². The van der Waals surface area contributed by atoms with Crippen LogP contribution < -0.4 is 4.74 Å². The molecule has 2 heteroatoms. The third-order valence-corrected chi connectivity index (χ3v) is 2.37. The van der Waals surface area contributed by atoms with E-state index in [0.29, 0.717) is 6.61 Å². The van der Waals surface area contributed by atoms with Gasteiger partial charge < -0.3 is 4.74 Å². The van der Waals surface area contributed by atoms with E-state index >= 15 is 0 Å². The Morgan fingerprint density at radius 1 is 1.54 bits per heavy atom. The van der Waals surface area contributed by atoms with E-state index in [1.807, 2.05) is 25.1 Å². The largest absolute Gasteiger partial charge is 0.494 e. The number of rotatable bonds is 4. The fourth-order valence-corrected chi connectivity index (χ4v) is 1.57. The molecule has 0 aromatic heterocycles. The van der Waals surface area contributed by atoms with Crippen molar-refractivity contribution >= 4 is 22.0 Å². The molecule has 0 bridgehead atoms. The first-order valence-corrected chi connectivity index (χ1v) is 5.38. The van der Waals surface area contributed by atoms with Crippen molar-refractivity contribution in [2.75, 3.05) is 6.61 Å². The number of benzene rings is 1. The van der Waals surface area contributed by atoms with Crippen LogP contribution in [0.5, 0.6) is 5.75 Å². The van der Waals surface area contributed by atoms with E-state index in [0.717, 1.165) is 16.6 Å². The highest BCUT2D eigenvalue weighted by Crippen LogP contribution is 2.23. The summed E-state index contributed by atoms with van der Waals surface area (Å²) in [7, 11) is 0. The molecule has 0 saturated carbocycles. The Kier molecular flexibility index (Phi) is 4.03. The zero-order valence-corrected chi connectivity index (χ0v) is 9.30. The fourth-order valence-electron chi connectivity index (χ4n) is 1.13. The van der Waals surface area contributed by atoms with Crippen molar-refractivity contribution in [2.45, 2.75) is 12.3 Å². The predicted molar refractivity (Wildman–Crippen MR) is 60.3 cm³/mol. The van der Waals surface area contributed by atoms with Gasteiger partial charge in [-0.25, -0.2) is 0 Å². The molecule has 13 heavy (non-hydrogen) atoms. The second kappa shape index (κ2) is 5.07. The van der Waals surface area contributed by atoms with Crippen LogP contribution >= 0.6 is 15.9 Å². The number of hydrogen-bond donors (Lipinski definition) is 0. The van der Waals surface area contributed by atoms with Crippen molar-refractivity contribution in [2.24, 2.45) is 0 Å². The Hall–Kier alpha value is -0.760. The van der Waals surface area contributed by atoms with Crippen molar-refractivity contribution in [3.05, 3.63) is 35.9 Å². The molecule has 1 aromatic carbocycles. The van der Waals surface area contributed by atoms with E-state index < -0.39 is 0 Å². The van der Waals surface area contributed by atoms with Crippen LogP contribution in [0.4, 0.5) is 0 Å². The average Bonchev–Trinajstić information content (AvgIpc) is 2.19. The van der Waals surface area contributed by atoms with Crippen molar-refractivity contribution in [3.8, 4) is 5.75 Å². The zero-order valence-electron chi connectivity index (χ0n) is 7.72. The molecule has 0 aliphatic rings. The van der Waals surface area contributed by atoms with E-state index in [-0.39, 0.29) is 0 Å². The first kappa shape index (κ1) is 10.3. The smallest absolute Gasteiger partial charge is 0.123 e. The maximum Gasteiger partial charge on any atom is 0.123 e. The summed E-state index contributed by atoms with van der Waals surface area (Å²) < 4.78 is 5.46. The topological polar surface area (TPSA) is 9.23 Å². The Morgan fingerprint density at radius 3 is 2.85 bits per heavy atom. The van der Waals surface area contributed by atoms with E-state index in [9.17, 15) is 0 Å². The van der Waals surface area contributed by atoms with E-state index in [1.165, 1.54) is 5.56 Å². The second-order valence-corrected chi connectivity index (χ2v) is 3.20. The average molecular weight is 241 g/mol. The highest BCUT2D eigenvalue weighted by Gasteiger charge is 2.01. The summed E-state index contributed by atoms with van der Waals surface area (Å²) in [4.78, 5) is 0. The van der Waals surface area contributed by atoms with E-state index in [1.54, 1.807) is 0 Å². The van der Waals surface area contributed by atoms with Crippen LogP contribution in [0, 0.1) is 0 Å². The lowest BCUT2D eigenvalue weighted by Gasteiger charge is -2.08. The molecule has 70 valence electrons. The fraction of sp³-hybridized carbons (Fsp3) is 0.273. The highest BCUT2D eigenvalue weighted by molar-refractivity contribution is 9.08. The quantitative estimate of drug-likeness (QED) is 0.731. The summed E-state index contributed by atoms with van der Waals surface area (Å²) in [5, 5.41) is 0.810. The summed E-state index contributed by atoms with van der Waals surface area (Å²) in [6, 6.07) is 6.06. The maximum absolute atomic E-state index is 5.46. The van der Waals surface area contributed by atoms with Gasteiger partial charge in [0, 0.05) is 10.9 Å². The standard InChI is InChI=1S/C11H13BrO/c1-3-9-5-6-11(13-4-2)10(7-9)8-12/h3,5-7H,1,4,8H2,2H3. The normalized spacial score (nSPS) is 9.69. The second-order valence-electron chi connectivity index (χ2n) is 2.64. The minimum absolute atomic E-state index is 0.702. The minimum atomic E-state index is 0.702. The molecule has 0 atom stereocenters. The molecule has 0 aliphatic heterocycles. The third kappa shape index (κ3) is 2.59. The van der Waals surface area contributed by atoms with Gasteiger partial charge in [-0.2, -0.15) is 0 Å². The molecule has 0 unspecified atom stereocenters. The van der Waals surface area contributed by atoms with Gasteiger partial charge in [0.1, 0.15) is 5.75 Å². The Morgan fingerprint density at radius 2 is 2.31 bits per heavy atom. The van der Waals surface area contributed by atoms with Gasteiger partial charge >= 0.3 is 0 Å². The van der Waals surface area contributed by atoms with Crippen LogP contribution in [0.2, 0.25) is 0 Å². The third-order valence-electron chi connectivity index (χ3n) is 1.76. The van der Waals surface area contributed by atoms with Crippen LogP contribution in [-0.2, 0) is 5.33 Å². The molecule has 1 aromatic rings. The van der Waals surface area contributed by atoms with Gasteiger partial charge in [0.25, 0.3) is 0 Å². The van der Waals surface area contributed by atoms with Crippen LogP contribution in [0.1, 0.15) is 18.1 Å². The lowest BCUT2D eigenvalue weighted by molar-refractivity contribution is 0.337. The lowest BCUT2D eigenvalue weighted by Crippen LogP contribution is -1.95. The molecular weight excluding hydrogens is 228 g/mol. The lowest BCUT2D eigenvalue weighted by atomic mass is 10.1. The van der Waals surface area contributed by atoms with Gasteiger partial charge in [0.2, 0.25) is 0 Å². The maximum atomic E-state index is 5.46. The van der Waals surface area contributed by atoms with Gasteiger partial charge in [-0.05, 0) is 24.6 Å². The summed E-state index contributed by atoms with van der Waals surface area (Å²) in [6.07, 6.45) is 1.84. The molecular formula is C11H13BrO. The summed E-state index contributed by atoms with van der Waals surface area (Å²) in [5.41, 5.74) is 2.29. The molecule has 0 heterocycles. The van der Waals surface area contributed by atoms with Crippen molar-refractivity contribution in [1.82, 2.24) is 0 Å². The van der Waals surface area contributed by atoms with Gasteiger partial charge in [-0.15, -0.1) is 0 Å². The summed E-state index contributed by atoms with van der Waals surface area (Å²) >= 11 is 3.43. The van der Waals surface area contributed by atoms with Crippen LogP contribution in [0.3, 0.4) is 0 Å². The van der Waals surface area contributed by atoms with Crippen molar-refractivity contribution in [1.29, 1.82) is 0 Å². The molecule has 1 rings (SSSR count). The van der Waals surface area contributed by atoms with Gasteiger partial charge in [0.15, 0.2) is 0 Å². The predicted octanol–water partition coefficient (Wildman–Crippen LogP) is 3.62. The van der Waals surface area contributed by atoms with E-state index in [4.69, 9.17) is 4.74 Å². The zero-order chi connectivity index (χ0) is 9.68. The van der Waals surface area contributed by atoms with Crippen molar-refractivity contribution in [3.63, 3.8) is 0 Å². The SMILES string of the molecule is C=Cc1ccc(OCC)c(CBr)c1. The monoisotopic (exact) mass is 240 g/mol. The van der Waals surface area contributed by atoms with Gasteiger partial charge in [0.05, 0.1) is 6.61 Å². The van der Waals surface area contributed by atoms with Crippen molar-refractivity contribution < 1.29 is 4.74 Å². The number of hydrogen-bond acceptors (Lipinski definition) is 1. The molecule has 0 radical (unpaired) electrons. The van der Waals surface area contributed by atoms with Crippen LogP contribution in [0.25, 0.3) is 6.08 Å². The van der Waals surface area contributed by atoms with Gasteiger partial charge in [-0.1, -0.05) is 34.7 Å². The molecule has 0 amide bonds. The summed E-state index contributed by atoms with van der Waals surface area (Å²) in [6.45, 7) is 6.41. The number of ether oxygens (including phenoxy) is 1. The molecule has 0 aliphatic carbocycles. The minimum Gasteiger partial charge on any atom is -0.494 e. The Labute approximate surface area is 87.5 Å². The molecule has 0 spiro atoms. The van der Waals surface area contributed by atoms with Gasteiger partial charge in [-0.3, -0.25) is 0 Å². The molecule has 0 saturated heterocycles. The first-order valence-electron chi connectivity index (χ1n) is 4.26. The van der Waals surface area contributed by atoms with Crippen LogP contribution in [0.15, 0.2) is 24.8 Å². The molecule has 0 fully saturated rings. The Balaban J connectivity index is 3.00. The molecule has 1 nitrogen and oxygen atoms in total. The number of alkyl halides is 1.